The van der Waals surface area contributed by atoms with Crippen molar-refractivity contribution >= 4 is 23.9 Å². The molecule has 0 saturated heterocycles. The molecule has 0 heterocycles. The number of carbonyl (C=O) groups excluding carboxylic acids is 4. The molecule has 3 atom stereocenters. The molecule has 3 unspecified atom stereocenters. The SMILES string of the molecule is CC(C)C(NC(=O)OC(C)(C)C)C(=O)N(C1CC1)C(C(=O)NC(Cc1ccccc1)C(=O)OC(C)(C)C)c1cccc(O)c1. The number of phenols is 1. The Morgan fingerprint density at radius 1 is 0.886 bits per heavy atom. The lowest BCUT2D eigenvalue weighted by molar-refractivity contribution is -0.159. The molecule has 0 radical (unpaired) electrons. The molecule has 0 aromatic heterocycles. The van der Waals surface area contributed by atoms with Crippen LogP contribution in [0, 0.1) is 5.92 Å². The van der Waals surface area contributed by atoms with E-state index in [1.54, 1.807) is 67.5 Å². The first-order chi connectivity index (χ1) is 20.4. The van der Waals surface area contributed by atoms with Crippen molar-refractivity contribution in [3.05, 3.63) is 65.7 Å². The number of hydrogen-bond acceptors (Lipinski definition) is 7. The van der Waals surface area contributed by atoms with Gasteiger partial charge in [-0.2, -0.15) is 0 Å². The van der Waals surface area contributed by atoms with Crippen LogP contribution in [0.4, 0.5) is 4.79 Å². The van der Waals surface area contributed by atoms with Gasteiger partial charge in [-0.25, -0.2) is 9.59 Å². The number of rotatable bonds is 11. The molecule has 3 N–H and O–H groups in total. The third kappa shape index (κ3) is 10.3. The topological polar surface area (TPSA) is 134 Å². The molecule has 0 bridgehead atoms. The van der Waals surface area contributed by atoms with Gasteiger partial charge in [0.2, 0.25) is 11.8 Å². The molecule has 1 aliphatic carbocycles. The Labute approximate surface area is 260 Å². The molecule has 3 amide bonds. The number of benzene rings is 2. The number of nitrogens with one attached hydrogen (secondary N) is 2. The highest BCUT2D eigenvalue weighted by molar-refractivity contribution is 5.94. The van der Waals surface area contributed by atoms with E-state index in [9.17, 15) is 24.3 Å². The summed E-state index contributed by atoms with van der Waals surface area (Å²) < 4.78 is 11.1. The molecule has 1 saturated carbocycles. The fourth-order valence-corrected chi connectivity index (χ4v) is 4.78. The van der Waals surface area contributed by atoms with Crippen molar-refractivity contribution in [1.82, 2.24) is 15.5 Å². The van der Waals surface area contributed by atoms with Gasteiger partial charge in [0, 0.05) is 12.5 Å². The predicted octanol–water partition coefficient (Wildman–Crippen LogP) is 5.04. The summed E-state index contributed by atoms with van der Waals surface area (Å²) in [5, 5.41) is 15.9. The van der Waals surface area contributed by atoms with E-state index < -0.39 is 53.2 Å². The van der Waals surface area contributed by atoms with E-state index in [0.717, 1.165) is 5.56 Å². The van der Waals surface area contributed by atoms with Crippen LogP contribution < -0.4 is 10.6 Å². The minimum atomic E-state index is -1.20. The van der Waals surface area contributed by atoms with Crippen LogP contribution >= 0.6 is 0 Å². The third-order valence-electron chi connectivity index (χ3n) is 6.80. The zero-order chi connectivity index (χ0) is 32.8. The van der Waals surface area contributed by atoms with E-state index in [2.05, 4.69) is 10.6 Å². The van der Waals surface area contributed by atoms with E-state index in [4.69, 9.17) is 9.47 Å². The zero-order valence-corrected chi connectivity index (χ0v) is 27.0. The maximum Gasteiger partial charge on any atom is 0.408 e. The van der Waals surface area contributed by atoms with E-state index in [1.807, 2.05) is 30.3 Å². The summed E-state index contributed by atoms with van der Waals surface area (Å²) in [4.78, 5) is 56.2. The summed E-state index contributed by atoms with van der Waals surface area (Å²) in [6.07, 6.45) is 0.739. The van der Waals surface area contributed by atoms with Crippen LogP contribution in [0.15, 0.2) is 54.6 Å². The number of alkyl carbamates (subject to hydrolysis) is 1. The van der Waals surface area contributed by atoms with Crippen molar-refractivity contribution in [1.29, 1.82) is 0 Å². The van der Waals surface area contributed by atoms with E-state index in [0.29, 0.717) is 18.4 Å². The summed E-state index contributed by atoms with van der Waals surface area (Å²) >= 11 is 0. The number of aromatic hydroxyl groups is 1. The van der Waals surface area contributed by atoms with Gasteiger partial charge in [-0.05, 0) is 83.6 Å². The van der Waals surface area contributed by atoms with Gasteiger partial charge >= 0.3 is 12.1 Å². The number of amides is 3. The van der Waals surface area contributed by atoms with Crippen molar-refractivity contribution in [2.75, 3.05) is 0 Å². The van der Waals surface area contributed by atoms with Gasteiger partial charge in [-0.3, -0.25) is 9.59 Å². The lowest BCUT2D eigenvalue weighted by Crippen LogP contribution is -2.56. The largest absolute Gasteiger partial charge is 0.508 e. The molecule has 1 fully saturated rings. The summed E-state index contributed by atoms with van der Waals surface area (Å²) in [6.45, 7) is 14.0. The zero-order valence-electron chi connectivity index (χ0n) is 27.0. The molecule has 10 nitrogen and oxygen atoms in total. The molecular weight excluding hydrogens is 562 g/mol. The molecule has 2 aromatic carbocycles. The molecule has 0 aliphatic heterocycles. The Hall–Kier alpha value is -4.08. The minimum Gasteiger partial charge on any atom is -0.508 e. The van der Waals surface area contributed by atoms with Crippen LogP contribution in [0.1, 0.15) is 85.4 Å². The Morgan fingerprint density at radius 3 is 2.02 bits per heavy atom. The Morgan fingerprint density at radius 2 is 1.50 bits per heavy atom. The van der Waals surface area contributed by atoms with Crippen molar-refractivity contribution < 1.29 is 33.8 Å². The van der Waals surface area contributed by atoms with Crippen molar-refractivity contribution in [2.45, 2.75) is 110 Å². The monoisotopic (exact) mass is 609 g/mol. The maximum absolute atomic E-state index is 14.3. The van der Waals surface area contributed by atoms with Crippen LogP contribution in [0.5, 0.6) is 5.75 Å². The highest BCUT2D eigenvalue weighted by Gasteiger charge is 2.45. The predicted molar refractivity (Wildman–Crippen MR) is 167 cm³/mol. The van der Waals surface area contributed by atoms with Crippen molar-refractivity contribution in [3.8, 4) is 5.75 Å². The van der Waals surface area contributed by atoms with Gasteiger partial charge in [0.1, 0.15) is 35.1 Å². The lowest BCUT2D eigenvalue weighted by Gasteiger charge is -2.36. The molecule has 10 heteroatoms. The highest BCUT2D eigenvalue weighted by Crippen LogP contribution is 2.37. The Kier molecular flexibility index (Phi) is 11.1. The standard InChI is InChI=1S/C34H47N3O7/c1-21(2)27(36-32(42)44-34(6,7)8)30(40)37(24-17-18-24)28(23-15-12-16-25(38)20-23)29(39)35-26(31(41)43-33(3,4)5)19-22-13-10-9-11-14-22/h9-16,20-21,24,26-28,38H,17-19H2,1-8H3,(H,35,39)(H,36,42). The van der Waals surface area contributed by atoms with E-state index in [-0.39, 0.29) is 24.1 Å². The highest BCUT2D eigenvalue weighted by atomic mass is 16.6. The fourth-order valence-electron chi connectivity index (χ4n) is 4.78. The molecule has 44 heavy (non-hydrogen) atoms. The molecule has 3 rings (SSSR count). The third-order valence-corrected chi connectivity index (χ3v) is 6.80. The lowest BCUT2D eigenvalue weighted by atomic mass is 9.97. The van der Waals surface area contributed by atoms with Crippen LogP contribution in [-0.2, 0) is 30.3 Å². The van der Waals surface area contributed by atoms with Crippen LogP contribution in [-0.4, -0.2) is 63.2 Å². The second kappa shape index (κ2) is 14.1. The van der Waals surface area contributed by atoms with Gasteiger partial charge in [0.05, 0.1) is 0 Å². The van der Waals surface area contributed by atoms with Gasteiger partial charge in [0.25, 0.3) is 0 Å². The number of phenolic OH excluding ortho intramolecular Hbond substituents is 1. The minimum absolute atomic E-state index is 0.0798. The summed E-state index contributed by atoms with van der Waals surface area (Å²) in [7, 11) is 0. The quantitative estimate of drug-likeness (QED) is 0.304. The number of esters is 1. The summed E-state index contributed by atoms with van der Waals surface area (Å²) in [5.74, 6) is -2.10. The fraction of sp³-hybridized carbons (Fsp3) is 0.529. The smallest absolute Gasteiger partial charge is 0.408 e. The van der Waals surface area contributed by atoms with Gasteiger partial charge < -0.3 is 30.1 Å². The summed E-state index contributed by atoms with van der Waals surface area (Å²) in [6, 6.07) is 11.9. The van der Waals surface area contributed by atoms with E-state index >= 15 is 0 Å². The van der Waals surface area contributed by atoms with Crippen LogP contribution in [0.2, 0.25) is 0 Å². The molecule has 0 spiro atoms. The average Bonchev–Trinajstić information content (AvgIpc) is 3.73. The average molecular weight is 610 g/mol. The second-order valence-corrected chi connectivity index (χ2v) is 13.6. The van der Waals surface area contributed by atoms with Crippen molar-refractivity contribution in [3.63, 3.8) is 0 Å². The molecule has 240 valence electrons. The first-order valence-electron chi connectivity index (χ1n) is 15.1. The van der Waals surface area contributed by atoms with E-state index in [1.165, 1.54) is 17.0 Å². The number of hydrogen-bond donors (Lipinski definition) is 3. The maximum atomic E-state index is 14.3. The first-order valence-corrected chi connectivity index (χ1v) is 15.1. The molecule has 2 aromatic rings. The van der Waals surface area contributed by atoms with Crippen LogP contribution in [0.25, 0.3) is 0 Å². The number of ether oxygens (including phenoxy) is 2. The Bertz CT molecular complexity index is 1310. The number of carbonyl (C=O) groups is 4. The first kappa shape index (κ1) is 34.4. The van der Waals surface area contributed by atoms with Gasteiger partial charge in [-0.1, -0.05) is 56.3 Å². The van der Waals surface area contributed by atoms with Gasteiger partial charge in [-0.15, -0.1) is 0 Å². The van der Waals surface area contributed by atoms with Crippen molar-refractivity contribution in [2.24, 2.45) is 5.92 Å². The normalized spacial score (nSPS) is 15.5. The van der Waals surface area contributed by atoms with Crippen LogP contribution in [0.3, 0.4) is 0 Å². The molecule has 1 aliphatic rings. The van der Waals surface area contributed by atoms with Gasteiger partial charge in [0.15, 0.2) is 0 Å². The number of nitrogens with zero attached hydrogens (tertiary/aromatic N) is 1. The Balaban J connectivity index is 2.02. The summed E-state index contributed by atoms with van der Waals surface area (Å²) in [5.41, 5.74) is -0.390. The molecular formula is C34H47N3O7. The second-order valence-electron chi connectivity index (χ2n) is 13.6.